The highest BCUT2D eigenvalue weighted by Gasteiger charge is 2.29. The molecule has 2 aromatic heterocycles. The SMILES string of the molecule is CC1(C)CN(c2nc(NN)nc(-n3cncn3)n2)CCS1. The van der Waals surface area contributed by atoms with Crippen LogP contribution in [0.4, 0.5) is 11.9 Å². The van der Waals surface area contributed by atoms with Crippen molar-refractivity contribution in [3.05, 3.63) is 12.7 Å². The lowest BCUT2D eigenvalue weighted by Crippen LogP contribution is -2.44. The van der Waals surface area contributed by atoms with Gasteiger partial charge in [0.2, 0.25) is 11.9 Å². The van der Waals surface area contributed by atoms with Crippen molar-refractivity contribution in [3.8, 4) is 5.95 Å². The Hall–Kier alpha value is -1.94. The third kappa shape index (κ3) is 3.05. The molecule has 0 saturated carbocycles. The topological polar surface area (TPSA) is 111 Å². The molecule has 0 aromatic carbocycles. The molecule has 0 amide bonds. The van der Waals surface area contributed by atoms with E-state index in [0.717, 1.165) is 18.8 Å². The maximum Gasteiger partial charge on any atom is 0.258 e. The van der Waals surface area contributed by atoms with E-state index < -0.39 is 0 Å². The minimum Gasteiger partial charge on any atom is -0.338 e. The quantitative estimate of drug-likeness (QED) is 0.601. The average molecular weight is 307 g/mol. The van der Waals surface area contributed by atoms with Gasteiger partial charge in [0, 0.05) is 23.6 Å². The summed E-state index contributed by atoms with van der Waals surface area (Å²) >= 11 is 1.95. The Kier molecular flexibility index (Phi) is 3.64. The molecule has 2 aromatic rings. The van der Waals surface area contributed by atoms with Gasteiger partial charge in [0.15, 0.2) is 0 Å². The summed E-state index contributed by atoms with van der Waals surface area (Å²) < 4.78 is 1.64. The van der Waals surface area contributed by atoms with E-state index in [1.54, 1.807) is 0 Å². The van der Waals surface area contributed by atoms with Crippen LogP contribution in [0.5, 0.6) is 0 Å². The molecule has 0 bridgehead atoms. The van der Waals surface area contributed by atoms with Crippen molar-refractivity contribution in [1.82, 2.24) is 29.7 Å². The summed E-state index contributed by atoms with van der Waals surface area (Å²) in [5.74, 6) is 7.78. The van der Waals surface area contributed by atoms with Gasteiger partial charge in [0.05, 0.1) is 0 Å². The van der Waals surface area contributed by atoms with Crippen LogP contribution in [-0.2, 0) is 0 Å². The zero-order valence-electron chi connectivity index (χ0n) is 11.9. The van der Waals surface area contributed by atoms with Crippen LogP contribution < -0.4 is 16.2 Å². The number of rotatable bonds is 3. The molecule has 1 aliphatic heterocycles. The average Bonchev–Trinajstić information content (AvgIpc) is 3.00. The molecule has 0 unspecified atom stereocenters. The van der Waals surface area contributed by atoms with E-state index in [4.69, 9.17) is 5.84 Å². The van der Waals surface area contributed by atoms with E-state index in [1.165, 1.54) is 17.3 Å². The van der Waals surface area contributed by atoms with Crippen LogP contribution in [0.15, 0.2) is 12.7 Å². The predicted molar refractivity (Wildman–Crippen MR) is 81.3 cm³/mol. The first-order chi connectivity index (χ1) is 10.1. The molecule has 1 aliphatic rings. The lowest BCUT2D eigenvalue weighted by Gasteiger charge is -2.37. The number of hydrogen-bond donors (Lipinski definition) is 2. The molecular weight excluding hydrogens is 290 g/mol. The van der Waals surface area contributed by atoms with Crippen molar-refractivity contribution in [2.24, 2.45) is 5.84 Å². The number of nitrogens with one attached hydrogen (secondary N) is 1. The second-order valence-corrected chi connectivity index (χ2v) is 7.08. The Bertz CT molecular complexity index is 612. The first-order valence-corrected chi connectivity index (χ1v) is 7.52. The van der Waals surface area contributed by atoms with Crippen molar-refractivity contribution in [1.29, 1.82) is 0 Å². The van der Waals surface area contributed by atoms with Crippen LogP contribution in [0.3, 0.4) is 0 Å². The summed E-state index contributed by atoms with van der Waals surface area (Å²) in [5, 5.41) is 4.04. The lowest BCUT2D eigenvalue weighted by molar-refractivity contribution is 0.631. The fraction of sp³-hybridized carbons (Fsp3) is 0.545. The van der Waals surface area contributed by atoms with E-state index in [-0.39, 0.29) is 4.75 Å². The second kappa shape index (κ2) is 5.45. The molecule has 0 aliphatic carbocycles. The predicted octanol–water partition coefficient (Wildman–Crippen LogP) is 0.0697. The second-order valence-electron chi connectivity index (χ2n) is 5.27. The van der Waals surface area contributed by atoms with Gasteiger partial charge in [-0.05, 0) is 13.8 Å². The number of aromatic nitrogens is 6. The van der Waals surface area contributed by atoms with Crippen molar-refractivity contribution in [2.45, 2.75) is 18.6 Å². The lowest BCUT2D eigenvalue weighted by atomic mass is 10.2. The summed E-state index contributed by atoms with van der Waals surface area (Å²) in [6.45, 7) is 6.18. The Labute approximate surface area is 126 Å². The van der Waals surface area contributed by atoms with Crippen LogP contribution in [0.2, 0.25) is 0 Å². The minimum atomic E-state index is 0.161. The Morgan fingerprint density at radius 3 is 2.76 bits per heavy atom. The van der Waals surface area contributed by atoms with Gasteiger partial charge in [0.1, 0.15) is 12.7 Å². The first-order valence-electron chi connectivity index (χ1n) is 6.54. The number of hydrazine groups is 1. The highest BCUT2D eigenvalue weighted by Crippen LogP contribution is 2.31. The van der Waals surface area contributed by atoms with Crippen LogP contribution in [-0.4, -0.2) is 53.3 Å². The Morgan fingerprint density at radius 2 is 2.10 bits per heavy atom. The number of nitrogens with two attached hydrogens (primary N) is 1. The largest absolute Gasteiger partial charge is 0.338 e. The summed E-state index contributed by atoms with van der Waals surface area (Å²) in [6, 6.07) is 0. The van der Waals surface area contributed by atoms with E-state index in [9.17, 15) is 0 Å². The van der Waals surface area contributed by atoms with Crippen LogP contribution in [0.25, 0.3) is 5.95 Å². The number of thioether (sulfide) groups is 1. The molecule has 0 atom stereocenters. The first kappa shape index (κ1) is 14.0. The van der Waals surface area contributed by atoms with E-state index >= 15 is 0 Å². The van der Waals surface area contributed by atoms with Gasteiger partial charge in [-0.3, -0.25) is 5.43 Å². The molecule has 1 saturated heterocycles. The van der Waals surface area contributed by atoms with E-state index in [2.05, 4.69) is 49.2 Å². The van der Waals surface area contributed by atoms with E-state index in [0.29, 0.717) is 17.8 Å². The van der Waals surface area contributed by atoms with Crippen LogP contribution in [0.1, 0.15) is 13.8 Å². The molecule has 3 N–H and O–H groups in total. The molecule has 0 radical (unpaired) electrons. The van der Waals surface area contributed by atoms with Crippen LogP contribution in [0, 0.1) is 0 Å². The molecule has 21 heavy (non-hydrogen) atoms. The molecular formula is C11H17N9S. The summed E-state index contributed by atoms with van der Waals surface area (Å²) in [4.78, 5) is 19.1. The Morgan fingerprint density at radius 1 is 1.29 bits per heavy atom. The molecule has 9 nitrogen and oxygen atoms in total. The molecule has 3 rings (SSSR count). The monoisotopic (exact) mass is 307 g/mol. The molecule has 3 heterocycles. The Balaban J connectivity index is 1.96. The van der Waals surface area contributed by atoms with Gasteiger partial charge >= 0.3 is 0 Å². The number of anilines is 2. The zero-order chi connectivity index (χ0) is 14.9. The van der Waals surface area contributed by atoms with Crippen molar-refractivity contribution in [2.75, 3.05) is 29.2 Å². The number of nitrogen functional groups attached to an aromatic ring is 1. The van der Waals surface area contributed by atoms with Gasteiger partial charge in [-0.25, -0.2) is 10.8 Å². The fourth-order valence-electron chi connectivity index (χ4n) is 2.16. The summed E-state index contributed by atoms with van der Waals surface area (Å²) in [7, 11) is 0. The molecule has 1 fully saturated rings. The van der Waals surface area contributed by atoms with Crippen molar-refractivity contribution >= 4 is 23.7 Å². The highest BCUT2D eigenvalue weighted by atomic mass is 32.2. The van der Waals surface area contributed by atoms with Gasteiger partial charge in [-0.15, -0.1) is 0 Å². The standard InChI is InChI=1S/C11H17N9S/c1-11(2)5-19(3-4-21-11)9-15-8(18-12)16-10(17-9)20-7-13-6-14-20/h6-7H,3-5,12H2,1-2H3,(H,15,16,17,18). The smallest absolute Gasteiger partial charge is 0.258 e. The van der Waals surface area contributed by atoms with Gasteiger partial charge in [-0.2, -0.15) is 36.5 Å². The maximum atomic E-state index is 5.45. The van der Waals surface area contributed by atoms with Gasteiger partial charge < -0.3 is 4.90 Å². The summed E-state index contributed by atoms with van der Waals surface area (Å²) in [6.07, 6.45) is 2.97. The van der Waals surface area contributed by atoms with E-state index in [1.807, 2.05) is 11.8 Å². The zero-order valence-corrected chi connectivity index (χ0v) is 12.7. The third-order valence-electron chi connectivity index (χ3n) is 3.07. The highest BCUT2D eigenvalue weighted by molar-refractivity contribution is 8.00. The summed E-state index contributed by atoms with van der Waals surface area (Å²) in [5.41, 5.74) is 2.47. The minimum absolute atomic E-state index is 0.161. The molecule has 112 valence electrons. The molecule has 10 heteroatoms. The number of nitrogens with zero attached hydrogens (tertiary/aromatic N) is 7. The van der Waals surface area contributed by atoms with Crippen molar-refractivity contribution in [3.63, 3.8) is 0 Å². The fourth-order valence-corrected chi connectivity index (χ4v) is 3.27. The number of hydrogen-bond acceptors (Lipinski definition) is 9. The third-order valence-corrected chi connectivity index (χ3v) is 4.37. The normalized spacial score (nSPS) is 17.8. The van der Waals surface area contributed by atoms with Crippen LogP contribution >= 0.6 is 11.8 Å². The van der Waals surface area contributed by atoms with Gasteiger partial charge in [-0.1, -0.05) is 0 Å². The maximum absolute atomic E-state index is 5.45. The van der Waals surface area contributed by atoms with Gasteiger partial charge in [0.25, 0.3) is 5.95 Å². The van der Waals surface area contributed by atoms with Crippen molar-refractivity contribution < 1.29 is 0 Å². The molecule has 0 spiro atoms.